The molecular weight excluding hydrogens is 388 g/mol. The number of nitrogens with zero attached hydrogens (tertiary/aromatic N) is 2. The van der Waals surface area contributed by atoms with Crippen molar-refractivity contribution in [1.29, 1.82) is 0 Å². The maximum atomic E-state index is 12.3. The quantitative estimate of drug-likeness (QED) is 0.646. The van der Waals surface area contributed by atoms with Crippen LogP contribution in [0.25, 0.3) is 0 Å². The van der Waals surface area contributed by atoms with Gasteiger partial charge < -0.3 is 19.5 Å². The van der Waals surface area contributed by atoms with Gasteiger partial charge in [0.1, 0.15) is 18.0 Å². The lowest BCUT2D eigenvalue weighted by atomic mass is 10.1. The van der Waals surface area contributed by atoms with E-state index in [4.69, 9.17) is 14.6 Å². The van der Waals surface area contributed by atoms with Crippen LogP contribution < -0.4 is 4.74 Å². The van der Waals surface area contributed by atoms with Gasteiger partial charge in [-0.3, -0.25) is 14.5 Å². The van der Waals surface area contributed by atoms with Crippen LogP contribution in [0.2, 0.25) is 0 Å². The van der Waals surface area contributed by atoms with E-state index in [1.807, 2.05) is 27.7 Å². The van der Waals surface area contributed by atoms with Gasteiger partial charge in [0.2, 0.25) is 0 Å². The Morgan fingerprint density at radius 2 is 1.77 bits per heavy atom. The molecule has 1 N–H and O–H groups in total. The zero-order valence-electron chi connectivity index (χ0n) is 18.2. The highest BCUT2D eigenvalue weighted by molar-refractivity contribution is 5.97. The molecule has 1 amide bonds. The number of Topliss-reactive ketones (excluding diaryl/α,β-unsaturated/α-hetero) is 1. The number of aliphatic carboxylic acids is 1. The molecule has 8 heteroatoms. The van der Waals surface area contributed by atoms with Crippen molar-refractivity contribution in [3.8, 4) is 5.75 Å². The van der Waals surface area contributed by atoms with Crippen molar-refractivity contribution in [2.45, 2.75) is 52.2 Å². The number of amides is 1. The van der Waals surface area contributed by atoms with Crippen molar-refractivity contribution < 1.29 is 29.0 Å². The third-order valence-corrected chi connectivity index (χ3v) is 4.76. The Morgan fingerprint density at radius 1 is 1.10 bits per heavy atom. The van der Waals surface area contributed by atoms with Crippen molar-refractivity contribution >= 4 is 17.8 Å². The van der Waals surface area contributed by atoms with Crippen molar-refractivity contribution in [2.24, 2.45) is 0 Å². The Morgan fingerprint density at radius 3 is 2.33 bits per heavy atom. The van der Waals surface area contributed by atoms with E-state index in [0.29, 0.717) is 24.5 Å². The molecule has 1 aromatic carbocycles. The Bertz CT molecular complexity index is 741. The molecule has 0 unspecified atom stereocenters. The number of hydrogen-bond donors (Lipinski definition) is 1. The molecule has 8 nitrogen and oxygen atoms in total. The van der Waals surface area contributed by atoms with Gasteiger partial charge in [0, 0.05) is 44.2 Å². The van der Waals surface area contributed by atoms with E-state index < -0.39 is 11.6 Å². The minimum absolute atomic E-state index is 0.0109. The Labute approximate surface area is 177 Å². The number of piperazine rings is 1. The number of carbonyl (C=O) groups is 3. The average Bonchev–Trinajstić information content (AvgIpc) is 2.65. The highest BCUT2D eigenvalue weighted by atomic mass is 16.6. The molecule has 1 saturated heterocycles. The summed E-state index contributed by atoms with van der Waals surface area (Å²) < 4.78 is 11.2. The summed E-state index contributed by atoms with van der Waals surface area (Å²) in [6.45, 7) is 10.9. The maximum absolute atomic E-state index is 12.3. The van der Waals surface area contributed by atoms with Gasteiger partial charge in [-0.1, -0.05) is 0 Å². The minimum atomic E-state index is -0.982. The first-order chi connectivity index (χ1) is 14.0. The maximum Gasteiger partial charge on any atom is 0.410 e. The van der Waals surface area contributed by atoms with E-state index in [1.54, 1.807) is 29.2 Å². The number of hydrogen-bond acceptors (Lipinski definition) is 6. The van der Waals surface area contributed by atoms with Gasteiger partial charge in [0.25, 0.3) is 0 Å². The second-order valence-electron chi connectivity index (χ2n) is 8.51. The van der Waals surface area contributed by atoms with E-state index in [-0.39, 0.29) is 30.8 Å². The van der Waals surface area contributed by atoms with Gasteiger partial charge in [-0.05, 0) is 52.0 Å². The van der Waals surface area contributed by atoms with Crippen molar-refractivity contribution in [3.05, 3.63) is 29.8 Å². The van der Waals surface area contributed by atoms with Crippen LogP contribution in [-0.4, -0.2) is 77.2 Å². The molecule has 1 fully saturated rings. The predicted molar refractivity (Wildman–Crippen MR) is 112 cm³/mol. The molecule has 1 aliphatic rings. The molecule has 0 spiro atoms. The second kappa shape index (κ2) is 10.4. The van der Waals surface area contributed by atoms with Crippen molar-refractivity contribution in [1.82, 2.24) is 9.80 Å². The van der Waals surface area contributed by atoms with E-state index in [0.717, 1.165) is 19.6 Å². The molecule has 0 aromatic heterocycles. The van der Waals surface area contributed by atoms with Crippen LogP contribution in [0, 0.1) is 0 Å². The molecule has 1 aliphatic heterocycles. The lowest BCUT2D eigenvalue weighted by molar-refractivity contribution is -0.136. The van der Waals surface area contributed by atoms with Crippen LogP contribution in [0.4, 0.5) is 4.79 Å². The largest absolute Gasteiger partial charge is 0.492 e. The van der Waals surface area contributed by atoms with Crippen LogP contribution in [0.15, 0.2) is 24.3 Å². The number of rotatable bonds is 8. The zero-order valence-corrected chi connectivity index (χ0v) is 18.2. The Hall–Kier alpha value is -2.61. The molecule has 166 valence electrons. The molecule has 1 atom stereocenters. The van der Waals surface area contributed by atoms with Crippen LogP contribution >= 0.6 is 0 Å². The molecule has 0 saturated carbocycles. The summed E-state index contributed by atoms with van der Waals surface area (Å²) in [7, 11) is 0. The van der Waals surface area contributed by atoms with E-state index in [1.165, 1.54) is 0 Å². The second-order valence-corrected chi connectivity index (χ2v) is 8.51. The molecule has 0 radical (unpaired) electrons. The highest BCUT2D eigenvalue weighted by Gasteiger charge is 2.30. The fourth-order valence-electron chi connectivity index (χ4n) is 3.22. The summed E-state index contributed by atoms with van der Waals surface area (Å²) in [5.41, 5.74) is -0.0197. The molecule has 1 aromatic rings. The van der Waals surface area contributed by atoms with Crippen LogP contribution in [-0.2, 0) is 9.53 Å². The van der Waals surface area contributed by atoms with Gasteiger partial charge in [-0.2, -0.15) is 0 Å². The third kappa shape index (κ3) is 7.67. The molecule has 2 rings (SSSR count). The smallest absolute Gasteiger partial charge is 0.410 e. The van der Waals surface area contributed by atoms with E-state index in [2.05, 4.69) is 4.90 Å². The Balaban J connectivity index is 1.74. The average molecular weight is 421 g/mol. The van der Waals surface area contributed by atoms with Crippen molar-refractivity contribution in [3.63, 3.8) is 0 Å². The molecule has 0 aliphatic carbocycles. The summed E-state index contributed by atoms with van der Waals surface area (Å²) in [5.74, 6) is -0.518. The van der Waals surface area contributed by atoms with Gasteiger partial charge in [-0.25, -0.2) is 4.79 Å². The molecule has 30 heavy (non-hydrogen) atoms. The topological polar surface area (TPSA) is 96.4 Å². The van der Waals surface area contributed by atoms with Gasteiger partial charge in [-0.15, -0.1) is 0 Å². The number of ether oxygens (including phenoxy) is 2. The van der Waals surface area contributed by atoms with Crippen LogP contribution in [0.3, 0.4) is 0 Å². The van der Waals surface area contributed by atoms with E-state index >= 15 is 0 Å². The first kappa shape index (κ1) is 23.7. The normalized spacial score (nSPS) is 17.5. The van der Waals surface area contributed by atoms with Crippen LogP contribution in [0.1, 0.15) is 50.9 Å². The number of carbonyl (C=O) groups excluding carboxylic acids is 2. The lowest BCUT2D eigenvalue weighted by Crippen LogP contribution is -2.55. The molecule has 1 heterocycles. The standard InChI is InChI=1S/C22H32N2O6/c1-16-15-23(11-12-24(16)21(28)30-22(2,3)4)13-14-29-18-7-5-17(6-8-18)19(25)9-10-20(26)27/h5-8,16H,9-15H2,1-4H3,(H,26,27)/t16-/m1/s1. The number of carboxylic acid groups (broad SMARTS) is 1. The lowest BCUT2D eigenvalue weighted by Gasteiger charge is -2.40. The van der Waals surface area contributed by atoms with Crippen LogP contribution in [0.5, 0.6) is 5.75 Å². The van der Waals surface area contributed by atoms with E-state index in [9.17, 15) is 14.4 Å². The monoisotopic (exact) mass is 420 g/mol. The van der Waals surface area contributed by atoms with Crippen molar-refractivity contribution in [2.75, 3.05) is 32.8 Å². The van der Waals surface area contributed by atoms with Gasteiger partial charge >= 0.3 is 12.1 Å². The van der Waals surface area contributed by atoms with Gasteiger partial charge in [0.05, 0.1) is 6.42 Å². The molecule has 0 bridgehead atoms. The highest BCUT2D eigenvalue weighted by Crippen LogP contribution is 2.17. The van der Waals surface area contributed by atoms with Gasteiger partial charge in [0.15, 0.2) is 5.78 Å². The fourth-order valence-corrected chi connectivity index (χ4v) is 3.22. The predicted octanol–water partition coefficient (Wildman–Crippen LogP) is 3.05. The first-order valence-corrected chi connectivity index (χ1v) is 10.2. The zero-order chi connectivity index (χ0) is 22.3. The SMILES string of the molecule is C[C@@H]1CN(CCOc2ccc(C(=O)CCC(=O)O)cc2)CCN1C(=O)OC(C)(C)C. The first-order valence-electron chi connectivity index (χ1n) is 10.2. The molecular formula is C22H32N2O6. The minimum Gasteiger partial charge on any atom is -0.492 e. The Kier molecular flexibility index (Phi) is 8.23. The summed E-state index contributed by atoms with van der Waals surface area (Å²) in [4.78, 5) is 38.8. The number of carboxylic acids is 1. The summed E-state index contributed by atoms with van der Waals surface area (Å²) in [6.07, 6.45) is -0.455. The summed E-state index contributed by atoms with van der Waals surface area (Å²) in [5, 5.41) is 8.66. The summed E-state index contributed by atoms with van der Waals surface area (Å²) in [6, 6.07) is 6.81. The fraction of sp³-hybridized carbons (Fsp3) is 0.591. The number of ketones is 1. The number of benzene rings is 1. The summed E-state index contributed by atoms with van der Waals surface area (Å²) >= 11 is 0. The third-order valence-electron chi connectivity index (χ3n) is 4.76.